The van der Waals surface area contributed by atoms with Crippen LogP contribution in [-0.4, -0.2) is 36.5 Å². The third kappa shape index (κ3) is 4.78. The molecule has 2 rings (SSSR count). The molecule has 0 spiro atoms. The summed E-state index contributed by atoms with van der Waals surface area (Å²) in [6, 6.07) is 7.24. The molecule has 0 aliphatic rings. The van der Waals surface area contributed by atoms with E-state index in [-0.39, 0.29) is 5.69 Å². The predicted molar refractivity (Wildman–Crippen MR) is 86.3 cm³/mol. The molecule has 0 aliphatic heterocycles. The van der Waals surface area contributed by atoms with Crippen LogP contribution in [0.25, 0.3) is 10.6 Å². The van der Waals surface area contributed by atoms with Crippen LogP contribution >= 0.6 is 11.3 Å². The smallest absolute Gasteiger partial charge is 0.358 e. The number of esters is 1. The number of methoxy groups -OCH3 is 1. The third-order valence-electron chi connectivity index (χ3n) is 2.76. The summed E-state index contributed by atoms with van der Waals surface area (Å²) in [6.07, 6.45) is 0. The van der Waals surface area contributed by atoms with Gasteiger partial charge in [0, 0.05) is 17.9 Å². The quantitative estimate of drug-likeness (QED) is 0.619. The number of nitrogens with zero attached hydrogens (tertiary/aromatic N) is 1. The molecule has 1 heterocycles. The number of carbonyl (C=O) groups excluding carboxylic acids is 3. The number of carbonyl (C=O) groups is 3. The van der Waals surface area contributed by atoms with Crippen LogP contribution in [0.15, 0.2) is 29.6 Å². The number of amides is 2. The number of hydrogen-bond acceptors (Lipinski definition) is 7. The van der Waals surface area contributed by atoms with Gasteiger partial charge in [0.25, 0.3) is 5.91 Å². The Balaban J connectivity index is 1.93. The minimum absolute atomic E-state index is 0.109. The summed E-state index contributed by atoms with van der Waals surface area (Å²) >= 11 is 1.28. The van der Waals surface area contributed by atoms with E-state index in [9.17, 15) is 14.4 Å². The fraction of sp³-hybridized carbons (Fsp3) is 0.200. The second-order valence-corrected chi connectivity index (χ2v) is 5.43. The summed E-state index contributed by atoms with van der Waals surface area (Å²) in [5, 5.41) is 2.19. The van der Waals surface area contributed by atoms with Crippen LogP contribution in [0, 0.1) is 0 Å². The highest BCUT2D eigenvalue weighted by atomic mass is 32.1. The Hall–Kier alpha value is -2.94. The van der Waals surface area contributed by atoms with Crippen molar-refractivity contribution in [2.45, 2.75) is 6.92 Å². The molecule has 126 valence electrons. The molecule has 1 aromatic carbocycles. The fourth-order valence-corrected chi connectivity index (χ4v) is 2.43. The van der Waals surface area contributed by atoms with Gasteiger partial charge in [0.15, 0.2) is 12.3 Å². The van der Waals surface area contributed by atoms with Crippen molar-refractivity contribution < 1.29 is 23.9 Å². The Kier molecular flexibility index (Phi) is 5.85. The molecule has 0 radical (unpaired) electrons. The van der Waals surface area contributed by atoms with Crippen molar-refractivity contribution in [3.63, 3.8) is 0 Å². The topological polar surface area (TPSA) is 107 Å². The first-order valence-corrected chi connectivity index (χ1v) is 7.70. The van der Waals surface area contributed by atoms with Crippen LogP contribution in [0.1, 0.15) is 17.4 Å². The number of hydrogen-bond donors (Lipinski definition) is 2. The standard InChI is InChI=1S/C15H15N3O5S/c1-9(19)17-18-13(20)7-23-15(21)12-8-24-14(16-12)10-3-5-11(22-2)6-4-10/h3-6,8H,7H2,1-2H3,(H,17,19)(H,18,20). The molecule has 9 heteroatoms. The molecular weight excluding hydrogens is 334 g/mol. The first-order chi connectivity index (χ1) is 11.5. The lowest BCUT2D eigenvalue weighted by Crippen LogP contribution is -2.42. The SMILES string of the molecule is COc1ccc(-c2nc(C(=O)OCC(=O)NNC(C)=O)cs2)cc1. The highest BCUT2D eigenvalue weighted by molar-refractivity contribution is 7.13. The van der Waals surface area contributed by atoms with Crippen molar-refractivity contribution in [1.29, 1.82) is 0 Å². The highest BCUT2D eigenvalue weighted by Gasteiger charge is 2.15. The molecular formula is C15H15N3O5S. The second-order valence-electron chi connectivity index (χ2n) is 4.57. The molecule has 0 saturated heterocycles. The fourth-order valence-electron chi connectivity index (χ4n) is 1.63. The molecule has 1 aromatic heterocycles. The second kappa shape index (κ2) is 8.06. The van der Waals surface area contributed by atoms with Crippen LogP contribution in [0.3, 0.4) is 0 Å². The summed E-state index contributed by atoms with van der Waals surface area (Å²) in [4.78, 5) is 38.0. The molecule has 24 heavy (non-hydrogen) atoms. The zero-order valence-electron chi connectivity index (χ0n) is 13.0. The summed E-state index contributed by atoms with van der Waals surface area (Å²) in [7, 11) is 1.58. The zero-order chi connectivity index (χ0) is 17.5. The number of benzene rings is 1. The van der Waals surface area contributed by atoms with E-state index in [0.29, 0.717) is 5.01 Å². The van der Waals surface area contributed by atoms with E-state index in [0.717, 1.165) is 11.3 Å². The van der Waals surface area contributed by atoms with Gasteiger partial charge >= 0.3 is 5.97 Å². The Morgan fingerprint density at radius 3 is 2.50 bits per heavy atom. The van der Waals surface area contributed by atoms with E-state index in [1.165, 1.54) is 18.3 Å². The largest absolute Gasteiger partial charge is 0.497 e. The molecule has 0 fully saturated rings. The monoisotopic (exact) mass is 349 g/mol. The first-order valence-electron chi connectivity index (χ1n) is 6.82. The molecule has 2 amide bonds. The molecule has 0 saturated carbocycles. The van der Waals surface area contributed by atoms with Gasteiger partial charge in [0.1, 0.15) is 10.8 Å². The Morgan fingerprint density at radius 2 is 1.88 bits per heavy atom. The van der Waals surface area contributed by atoms with Gasteiger partial charge in [-0.05, 0) is 24.3 Å². The lowest BCUT2D eigenvalue weighted by molar-refractivity contribution is -0.129. The predicted octanol–water partition coefficient (Wildman–Crippen LogP) is 1.14. The number of ether oxygens (including phenoxy) is 2. The minimum Gasteiger partial charge on any atom is -0.497 e. The molecule has 2 aromatic rings. The van der Waals surface area contributed by atoms with Crippen molar-refractivity contribution in [2.24, 2.45) is 0 Å². The van der Waals surface area contributed by atoms with Gasteiger partial charge in [-0.3, -0.25) is 20.4 Å². The molecule has 0 aliphatic carbocycles. The average Bonchev–Trinajstić information content (AvgIpc) is 3.08. The number of thiazole rings is 1. The van der Waals surface area contributed by atoms with Crippen molar-refractivity contribution in [3.05, 3.63) is 35.3 Å². The van der Waals surface area contributed by atoms with Gasteiger partial charge in [0.2, 0.25) is 5.91 Å². The molecule has 0 atom stereocenters. The first kappa shape index (κ1) is 17.4. The van der Waals surface area contributed by atoms with Crippen molar-refractivity contribution >= 4 is 29.1 Å². The number of hydrazine groups is 1. The molecule has 8 nitrogen and oxygen atoms in total. The lowest BCUT2D eigenvalue weighted by Gasteiger charge is -2.05. The van der Waals surface area contributed by atoms with Gasteiger partial charge < -0.3 is 9.47 Å². The van der Waals surface area contributed by atoms with E-state index in [4.69, 9.17) is 9.47 Å². The van der Waals surface area contributed by atoms with E-state index < -0.39 is 24.4 Å². The van der Waals surface area contributed by atoms with E-state index in [1.54, 1.807) is 24.6 Å². The number of aromatic nitrogens is 1. The maximum absolute atomic E-state index is 11.9. The van der Waals surface area contributed by atoms with Gasteiger partial charge in [-0.15, -0.1) is 11.3 Å². The summed E-state index contributed by atoms with van der Waals surface area (Å²) in [5.41, 5.74) is 5.12. The Labute approximate surface area is 141 Å². The van der Waals surface area contributed by atoms with Crippen LogP contribution in [0.5, 0.6) is 5.75 Å². The maximum atomic E-state index is 11.9. The summed E-state index contributed by atoms with van der Waals surface area (Å²) in [5.74, 6) is -1.08. The van der Waals surface area contributed by atoms with Gasteiger partial charge in [-0.2, -0.15) is 0 Å². The van der Waals surface area contributed by atoms with Gasteiger partial charge in [-0.1, -0.05) is 0 Å². The highest BCUT2D eigenvalue weighted by Crippen LogP contribution is 2.25. The summed E-state index contributed by atoms with van der Waals surface area (Å²) in [6.45, 7) is 0.719. The van der Waals surface area contributed by atoms with Crippen LogP contribution < -0.4 is 15.6 Å². The van der Waals surface area contributed by atoms with Gasteiger partial charge in [-0.25, -0.2) is 9.78 Å². The minimum atomic E-state index is -0.719. The van der Waals surface area contributed by atoms with Crippen LogP contribution in [-0.2, 0) is 14.3 Å². The van der Waals surface area contributed by atoms with E-state index >= 15 is 0 Å². The average molecular weight is 349 g/mol. The van der Waals surface area contributed by atoms with Gasteiger partial charge in [0.05, 0.1) is 7.11 Å². The van der Waals surface area contributed by atoms with E-state index in [2.05, 4.69) is 15.8 Å². The number of rotatable bonds is 5. The molecule has 2 N–H and O–H groups in total. The van der Waals surface area contributed by atoms with Crippen molar-refractivity contribution in [3.8, 4) is 16.3 Å². The Bertz CT molecular complexity index is 742. The van der Waals surface area contributed by atoms with Crippen molar-refractivity contribution in [1.82, 2.24) is 15.8 Å². The lowest BCUT2D eigenvalue weighted by atomic mass is 10.2. The number of nitrogens with one attached hydrogen (secondary N) is 2. The zero-order valence-corrected chi connectivity index (χ0v) is 13.8. The van der Waals surface area contributed by atoms with Crippen molar-refractivity contribution in [2.75, 3.05) is 13.7 Å². The van der Waals surface area contributed by atoms with E-state index in [1.807, 2.05) is 12.1 Å². The van der Waals surface area contributed by atoms with Crippen LogP contribution in [0.2, 0.25) is 0 Å². The normalized spacial score (nSPS) is 9.92. The third-order valence-corrected chi connectivity index (χ3v) is 3.65. The Morgan fingerprint density at radius 1 is 1.17 bits per heavy atom. The molecule has 0 unspecified atom stereocenters. The molecule has 0 bridgehead atoms. The maximum Gasteiger partial charge on any atom is 0.358 e. The van der Waals surface area contributed by atoms with Crippen LogP contribution in [0.4, 0.5) is 0 Å². The summed E-state index contributed by atoms with van der Waals surface area (Å²) < 4.78 is 9.91.